The third kappa shape index (κ3) is 3.55. The van der Waals surface area contributed by atoms with Crippen molar-refractivity contribution < 1.29 is 4.79 Å². The lowest BCUT2D eigenvalue weighted by Crippen LogP contribution is -2.20. The van der Waals surface area contributed by atoms with Gasteiger partial charge in [-0.15, -0.1) is 0 Å². The van der Waals surface area contributed by atoms with E-state index in [9.17, 15) is 4.79 Å². The van der Waals surface area contributed by atoms with Gasteiger partial charge in [0.25, 0.3) is 0 Å². The maximum atomic E-state index is 12.3. The summed E-state index contributed by atoms with van der Waals surface area (Å²) in [5, 5.41) is 3.24. The molecule has 0 aliphatic heterocycles. The van der Waals surface area contributed by atoms with Gasteiger partial charge in [0.2, 0.25) is 5.91 Å². The first-order valence-electron chi connectivity index (χ1n) is 6.18. The minimum Gasteiger partial charge on any atom is -0.325 e. The number of carbonyl (C=O) groups is 1. The first-order valence-corrected chi connectivity index (χ1v) is 6.56. The molecule has 0 saturated carbocycles. The van der Waals surface area contributed by atoms with Crippen molar-refractivity contribution in [2.45, 2.75) is 19.3 Å². The van der Waals surface area contributed by atoms with Crippen LogP contribution in [-0.2, 0) is 4.79 Å². The molecule has 2 rings (SSSR count). The average molecular weight is 275 g/mol. The van der Waals surface area contributed by atoms with E-state index in [0.29, 0.717) is 10.8 Å². The molecule has 1 unspecified atom stereocenters. The monoisotopic (exact) mass is 274 g/mol. The molecule has 1 aromatic heterocycles. The van der Waals surface area contributed by atoms with Crippen LogP contribution in [0.3, 0.4) is 0 Å². The predicted octanol–water partition coefficient (Wildman–Crippen LogP) is 3.87. The molecule has 0 radical (unpaired) electrons. The van der Waals surface area contributed by atoms with E-state index < -0.39 is 0 Å². The first-order chi connectivity index (χ1) is 9.20. The quantitative estimate of drug-likeness (QED) is 0.860. The van der Waals surface area contributed by atoms with Crippen LogP contribution in [0, 0.1) is 0 Å². The number of rotatable bonds is 4. The van der Waals surface area contributed by atoms with Gasteiger partial charge in [-0.1, -0.05) is 48.9 Å². The van der Waals surface area contributed by atoms with E-state index in [2.05, 4.69) is 10.3 Å². The number of nitrogens with zero attached hydrogens (tertiary/aromatic N) is 1. The van der Waals surface area contributed by atoms with Crippen molar-refractivity contribution in [1.29, 1.82) is 0 Å². The largest absolute Gasteiger partial charge is 0.325 e. The minimum absolute atomic E-state index is 0.0315. The molecule has 0 saturated heterocycles. The van der Waals surface area contributed by atoms with E-state index in [1.807, 2.05) is 37.3 Å². The molecule has 2 aromatic rings. The number of anilines is 1. The number of carbonyl (C=O) groups excluding carboxylic acids is 1. The molecule has 3 nitrogen and oxygen atoms in total. The van der Waals surface area contributed by atoms with Crippen molar-refractivity contribution >= 4 is 23.2 Å². The fourth-order valence-corrected chi connectivity index (χ4v) is 2.14. The van der Waals surface area contributed by atoms with Gasteiger partial charge >= 0.3 is 0 Å². The second kappa shape index (κ2) is 6.34. The molecule has 1 amide bonds. The summed E-state index contributed by atoms with van der Waals surface area (Å²) in [7, 11) is 0. The summed E-state index contributed by atoms with van der Waals surface area (Å²) in [6.45, 7) is 2.00. The highest BCUT2D eigenvalue weighted by molar-refractivity contribution is 6.29. The lowest BCUT2D eigenvalue weighted by atomic mass is 9.95. The van der Waals surface area contributed by atoms with E-state index in [4.69, 9.17) is 11.6 Å². The SMILES string of the molecule is CCC(C(=O)Nc1ccnc(Cl)c1)c1ccccc1. The number of amides is 1. The van der Waals surface area contributed by atoms with Gasteiger partial charge in [-0.2, -0.15) is 0 Å². The Bertz CT molecular complexity index is 557. The average Bonchev–Trinajstić information content (AvgIpc) is 2.41. The fourth-order valence-electron chi connectivity index (χ4n) is 1.97. The van der Waals surface area contributed by atoms with Crippen LogP contribution in [0.2, 0.25) is 5.15 Å². The van der Waals surface area contributed by atoms with Crippen molar-refractivity contribution in [3.8, 4) is 0 Å². The topological polar surface area (TPSA) is 42.0 Å². The Morgan fingerprint density at radius 1 is 1.32 bits per heavy atom. The van der Waals surface area contributed by atoms with Crippen molar-refractivity contribution in [3.05, 3.63) is 59.4 Å². The molecule has 0 aliphatic carbocycles. The summed E-state index contributed by atoms with van der Waals surface area (Å²) >= 11 is 5.80. The summed E-state index contributed by atoms with van der Waals surface area (Å²) in [5.74, 6) is -0.191. The Kier molecular flexibility index (Phi) is 4.53. The van der Waals surface area contributed by atoms with Gasteiger partial charge in [-0.3, -0.25) is 4.79 Å². The molecule has 19 heavy (non-hydrogen) atoms. The number of nitrogens with one attached hydrogen (secondary N) is 1. The van der Waals surface area contributed by atoms with E-state index in [-0.39, 0.29) is 11.8 Å². The zero-order chi connectivity index (χ0) is 13.7. The highest BCUT2D eigenvalue weighted by atomic mass is 35.5. The third-order valence-electron chi connectivity index (χ3n) is 2.92. The lowest BCUT2D eigenvalue weighted by molar-refractivity contribution is -0.117. The standard InChI is InChI=1S/C15H15ClN2O/c1-2-13(11-6-4-3-5-7-11)15(19)18-12-8-9-17-14(16)10-12/h3-10,13H,2H2,1H3,(H,17,18,19). The zero-order valence-corrected chi connectivity index (χ0v) is 11.4. The summed E-state index contributed by atoms with van der Waals surface area (Å²) in [5.41, 5.74) is 1.68. The molecular formula is C15H15ClN2O. The maximum Gasteiger partial charge on any atom is 0.231 e. The second-order valence-corrected chi connectivity index (χ2v) is 4.62. The Hall–Kier alpha value is -1.87. The van der Waals surface area contributed by atoms with E-state index in [0.717, 1.165) is 12.0 Å². The van der Waals surface area contributed by atoms with E-state index in [1.54, 1.807) is 18.3 Å². The molecular weight excluding hydrogens is 260 g/mol. The van der Waals surface area contributed by atoms with Crippen LogP contribution in [0.15, 0.2) is 48.7 Å². The molecule has 0 spiro atoms. The third-order valence-corrected chi connectivity index (χ3v) is 3.13. The zero-order valence-electron chi connectivity index (χ0n) is 10.6. The van der Waals surface area contributed by atoms with E-state index in [1.165, 1.54) is 0 Å². The summed E-state index contributed by atoms with van der Waals surface area (Å²) < 4.78 is 0. The predicted molar refractivity (Wildman–Crippen MR) is 77.4 cm³/mol. The fraction of sp³-hybridized carbons (Fsp3) is 0.200. The molecule has 0 bridgehead atoms. The van der Waals surface area contributed by atoms with Gasteiger partial charge in [-0.05, 0) is 24.1 Å². The first kappa shape index (κ1) is 13.6. The van der Waals surface area contributed by atoms with Crippen molar-refractivity contribution in [2.24, 2.45) is 0 Å². The Labute approximate surface area is 117 Å². The van der Waals surface area contributed by atoms with Gasteiger partial charge in [0.15, 0.2) is 0 Å². The summed E-state index contributed by atoms with van der Waals surface area (Å²) in [4.78, 5) is 16.2. The number of hydrogen-bond donors (Lipinski definition) is 1. The van der Waals surface area contributed by atoms with Gasteiger partial charge in [-0.25, -0.2) is 4.98 Å². The van der Waals surface area contributed by atoms with Crippen LogP contribution in [0.5, 0.6) is 0 Å². The number of halogens is 1. The molecule has 4 heteroatoms. The molecule has 1 N–H and O–H groups in total. The van der Waals surface area contributed by atoms with Crippen LogP contribution >= 0.6 is 11.6 Å². The smallest absolute Gasteiger partial charge is 0.231 e. The van der Waals surface area contributed by atoms with Crippen LogP contribution in [-0.4, -0.2) is 10.9 Å². The van der Waals surface area contributed by atoms with Gasteiger partial charge in [0.1, 0.15) is 5.15 Å². The molecule has 1 heterocycles. The number of aromatic nitrogens is 1. The molecule has 0 fully saturated rings. The van der Waals surface area contributed by atoms with Crippen molar-refractivity contribution in [2.75, 3.05) is 5.32 Å². The van der Waals surface area contributed by atoms with Crippen LogP contribution < -0.4 is 5.32 Å². The normalized spacial score (nSPS) is 11.9. The Balaban J connectivity index is 2.14. The Morgan fingerprint density at radius 3 is 2.68 bits per heavy atom. The lowest BCUT2D eigenvalue weighted by Gasteiger charge is -2.15. The second-order valence-electron chi connectivity index (χ2n) is 4.23. The van der Waals surface area contributed by atoms with Gasteiger partial charge < -0.3 is 5.32 Å². The number of benzene rings is 1. The van der Waals surface area contributed by atoms with Crippen LogP contribution in [0.1, 0.15) is 24.8 Å². The van der Waals surface area contributed by atoms with Crippen molar-refractivity contribution in [1.82, 2.24) is 4.98 Å². The van der Waals surface area contributed by atoms with E-state index >= 15 is 0 Å². The van der Waals surface area contributed by atoms with Crippen molar-refractivity contribution in [3.63, 3.8) is 0 Å². The Morgan fingerprint density at radius 2 is 2.05 bits per heavy atom. The molecule has 1 aromatic carbocycles. The minimum atomic E-state index is -0.159. The van der Waals surface area contributed by atoms with Gasteiger partial charge in [0, 0.05) is 11.9 Å². The molecule has 98 valence electrons. The maximum absolute atomic E-state index is 12.3. The molecule has 1 atom stereocenters. The molecule has 0 aliphatic rings. The van der Waals surface area contributed by atoms with Gasteiger partial charge in [0.05, 0.1) is 5.92 Å². The highest BCUT2D eigenvalue weighted by Crippen LogP contribution is 2.22. The van der Waals surface area contributed by atoms with Crippen LogP contribution in [0.4, 0.5) is 5.69 Å². The highest BCUT2D eigenvalue weighted by Gasteiger charge is 2.18. The summed E-state index contributed by atoms with van der Waals surface area (Å²) in [6.07, 6.45) is 2.32. The summed E-state index contributed by atoms with van der Waals surface area (Å²) in [6, 6.07) is 13.1. The van der Waals surface area contributed by atoms with Crippen LogP contribution in [0.25, 0.3) is 0 Å². The number of pyridine rings is 1. The number of hydrogen-bond acceptors (Lipinski definition) is 2.